The summed E-state index contributed by atoms with van der Waals surface area (Å²) < 4.78 is 54.0. The maximum Gasteiger partial charge on any atom is 0.268 e. The van der Waals surface area contributed by atoms with Crippen LogP contribution in [0.5, 0.6) is 23.0 Å². The lowest BCUT2D eigenvalue weighted by molar-refractivity contribution is 0.171. The number of fused-ring (bicyclic) bond motifs is 1. The van der Waals surface area contributed by atoms with Crippen molar-refractivity contribution in [2.45, 2.75) is 53.6 Å². The molecule has 0 saturated heterocycles. The van der Waals surface area contributed by atoms with Crippen molar-refractivity contribution in [2.75, 3.05) is 32.6 Å². The quantitative estimate of drug-likeness (QED) is 0.132. The molecule has 0 unspecified atom stereocenters. The van der Waals surface area contributed by atoms with E-state index in [1.165, 1.54) is 0 Å². The van der Waals surface area contributed by atoms with Gasteiger partial charge in [-0.05, 0) is 98.5 Å². The van der Waals surface area contributed by atoms with Gasteiger partial charge < -0.3 is 23.8 Å². The van der Waals surface area contributed by atoms with E-state index in [4.69, 9.17) is 23.1 Å². The molecule has 1 aliphatic rings. The summed E-state index contributed by atoms with van der Waals surface area (Å²) in [5.41, 5.74) is 7.52. The zero-order valence-corrected chi connectivity index (χ0v) is 28.9. The van der Waals surface area contributed by atoms with Crippen LogP contribution >= 0.6 is 0 Å². The molecule has 0 fully saturated rings. The van der Waals surface area contributed by atoms with Gasteiger partial charge in [-0.1, -0.05) is 36.4 Å². The molecular weight excluding hydrogens is 628 g/mol. The number of hydrogen-bond acceptors (Lipinski definition) is 9. The first-order valence-corrected chi connectivity index (χ1v) is 17.5. The first kappa shape index (κ1) is 34.8. The summed E-state index contributed by atoms with van der Waals surface area (Å²) in [4.78, 5) is 1.92. The molecular formula is C38H42N2O7S. The topological polar surface area (TPSA) is 107 Å². The van der Waals surface area contributed by atoms with E-state index in [1.54, 1.807) is 26.0 Å². The highest BCUT2D eigenvalue weighted by Crippen LogP contribution is 2.37. The maximum absolute atomic E-state index is 12.3. The third kappa shape index (κ3) is 9.07. The fourth-order valence-electron chi connectivity index (χ4n) is 5.53. The summed E-state index contributed by atoms with van der Waals surface area (Å²) in [5, 5.41) is 9.34. The van der Waals surface area contributed by atoms with E-state index >= 15 is 0 Å². The highest BCUT2D eigenvalue weighted by molar-refractivity contribution is 7.86. The monoisotopic (exact) mass is 670 g/mol. The van der Waals surface area contributed by atoms with Gasteiger partial charge in [-0.15, -0.1) is 0 Å². The minimum absolute atomic E-state index is 0.121. The van der Waals surface area contributed by atoms with Crippen LogP contribution in [0.25, 0.3) is 11.1 Å². The first-order chi connectivity index (χ1) is 23.0. The molecule has 1 heterocycles. The average Bonchev–Trinajstić information content (AvgIpc) is 3.06. The van der Waals surface area contributed by atoms with Crippen molar-refractivity contribution in [2.24, 2.45) is 0 Å². The minimum Gasteiger partial charge on any atom is -0.488 e. The average molecular weight is 671 g/mol. The fraction of sp³-hybridized carbons (Fsp3) is 0.342. The molecule has 1 aliphatic heterocycles. The predicted molar refractivity (Wildman–Crippen MR) is 185 cm³/mol. The van der Waals surface area contributed by atoms with Gasteiger partial charge in [0.1, 0.15) is 37.9 Å². The normalized spacial score (nSPS) is 12.6. The Labute approximate surface area is 283 Å². The van der Waals surface area contributed by atoms with Crippen LogP contribution in [0.2, 0.25) is 0 Å². The summed E-state index contributed by atoms with van der Waals surface area (Å²) in [7, 11) is -1.78. The molecule has 10 heteroatoms. The molecule has 4 aromatic carbocycles. The molecule has 0 aliphatic carbocycles. The Kier molecular flexibility index (Phi) is 11.3. The molecule has 0 amide bonds. The smallest absolute Gasteiger partial charge is 0.268 e. The SMILES string of the molecule is Cc1cc(CN(C)CCS(=O)(=O)OC(C)C)c(OCc2cccc(C#N)c2)cc1OCc1cccc(-c2ccc3c(c2)OCCO3)c1C. The van der Waals surface area contributed by atoms with E-state index in [-0.39, 0.29) is 18.9 Å². The summed E-state index contributed by atoms with van der Waals surface area (Å²) >= 11 is 0. The zero-order valence-electron chi connectivity index (χ0n) is 28.1. The third-order valence-corrected chi connectivity index (χ3v) is 9.35. The second-order valence-electron chi connectivity index (χ2n) is 12.2. The highest BCUT2D eigenvalue weighted by Gasteiger charge is 2.18. The van der Waals surface area contributed by atoms with Crippen LogP contribution in [0.15, 0.2) is 72.8 Å². The summed E-state index contributed by atoms with van der Waals surface area (Å²) in [5.74, 6) is 2.68. The number of benzene rings is 4. The van der Waals surface area contributed by atoms with Gasteiger partial charge >= 0.3 is 0 Å². The lowest BCUT2D eigenvalue weighted by Crippen LogP contribution is -2.27. The Morgan fingerprint density at radius 2 is 1.62 bits per heavy atom. The van der Waals surface area contributed by atoms with Gasteiger partial charge in [0.15, 0.2) is 11.5 Å². The van der Waals surface area contributed by atoms with Crippen LogP contribution in [0, 0.1) is 25.2 Å². The largest absolute Gasteiger partial charge is 0.488 e. The Morgan fingerprint density at radius 3 is 2.40 bits per heavy atom. The third-order valence-electron chi connectivity index (χ3n) is 7.99. The van der Waals surface area contributed by atoms with Crippen molar-refractivity contribution in [1.29, 1.82) is 5.26 Å². The molecule has 0 N–H and O–H groups in total. The van der Waals surface area contributed by atoms with Crippen LogP contribution in [0.4, 0.5) is 0 Å². The number of nitriles is 1. The van der Waals surface area contributed by atoms with E-state index in [0.717, 1.165) is 50.4 Å². The van der Waals surface area contributed by atoms with Gasteiger partial charge in [0.05, 0.1) is 23.5 Å². The molecule has 0 spiro atoms. The molecule has 0 aromatic heterocycles. The van der Waals surface area contributed by atoms with Crippen LogP contribution in [-0.2, 0) is 34.1 Å². The van der Waals surface area contributed by atoms with Crippen molar-refractivity contribution in [3.05, 3.63) is 106 Å². The number of ether oxygens (including phenoxy) is 4. The fourth-order valence-corrected chi connectivity index (χ4v) is 6.75. The minimum atomic E-state index is -3.64. The molecule has 0 bridgehead atoms. The first-order valence-electron chi connectivity index (χ1n) is 16.0. The van der Waals surface area contributed by atoms with Crippen LogP contribution in [-0.4, -0.2) is 52.0 Å². The van der Waals surface area contributed by atoms with Crippen molar-refractivity contribution < 1.29 is 31.5 Å². The van der Waals surface area contributed by atoms with Gasteiger partial charge in [-0.2, -0.15) is 13.7 Å². The molecule has 0 radical (unpaired) electrons. The molecule has 5 rings (SSSR count). The van der Waals surface area contributed by atoms with E-state index in [9.17, 15) is 13.7 Å². The second-order valence-corrected chi connectivity index (χ2v) is 13.9. The van der Waals surface area contributed by atoms with Crippen LogP contribution in [0.1, 0.15) is 47.2 Å². The Hall–Kier alpha value is -4.56. The number of nitrogens with zero attached hydrogens (tertiary/aromatic N) is 2. The predicted octanol–water partition coefficient (Wildman–Crippen LogP) is 6.96. The van der Waals surface area contributed by atoms with Gasteiger partial charge in [0, 0.05) is 24.7 Å². The molecule has 4 aromatic rings. The Morgan fingerprint density at radius 1 is 0.875 bits per heavy atom. The van der Waals surface area contributed by atoms with E-state index in [0.29, 0.717) is 43.4 Å². The van der Waals surface area contributed by atoms with E-state index in [2.05, 4.69) is 25.1 Å². The zero-order chi connectivity index (χ0) is 34.3. The van der Waals surface area contributed by atoms with Gasteiger partial charge in [0.2, 0.25) is 0 Å². The molecule has 252 valence electrons. The van der Waals surface area contributed by atoms with E-state index in [1.807, 2.05) is 67.4 Å². The van der Waals surface area contributed by atoms with Crippen molar-refractivity contribution >= 4 is 10.1 Å². The van der Waals surface area contributed by atoms with Crippen LogP contribution < -0.4 is 18.9 Å². The highest BCUT2D eigenvalue weighted by atomic mass is 32.2. The molecule has 0 saturated carbocycles. The van der Waals surface area contributed by atoms with Crippen molar-refractivity contribution in [3.63, 3.8) is 0 Å². The summed E-state index contributed by atoms with van der Waals surface area (Å²) in [6.45, 7) is 9.88. The lowest BCUT2D eigenvalue weighted by Gasteiger charge is -2.22. The van der Waals surface area contributed by atoms with Crippen LogP contribution in [0.3, 0.4) is 0 Å². The lowest BCUT2D eigenvalue weighted by atomic mass is 9.96. The molecule has 48 heavy (non-hydrogen) atoms. The maximum atomic E-state index is 12.3. The number of aryl methyl sites for hydroxylation is 1. The standard InChI is InChI=1S/C38H42N2O7S/c1-26(2)47-48(41,42)17-14-40(5)23-33-18-27(3)36(21-37(33)45-24-30-9-6-8-29(19-30)22-39)46-25-32-10-7-11-34(28(32)4)31-12-13-35-38(20-31)44-16-15-43-35/h6-13,18-21,26H,14-17,23-25H2,1-5H3. The van der Waals surface area contributed by atoms with Gasteiger partial charge in [-0.3, -0.25) is 4.18 Å². The summed E-state index contributed by atoms with van der Waals surface area (Å²) in [6.07, 6.45) is -0.408. The van der Waals surface area contributed by atoms with Crippen molar-refractivity contribution in [3.8, 4) is 40.2 Å². The summed E-state index contributed by atoms with van der Waals surface area (Å²) in [6, 6.07) is 25.6. The molecule has 9 nitrogen and oxygen atoms in total. The molecule has 0 atom stereocenters. The van der Waals surface area contributed by atoms with Gasteiger partial charge in [-0.25, -0.2) is 0 Å². The second kappa shape index (κ2) is 15.6. The Bertz CT molecular complexity index is 1900. The number of hydrogen-bond donors (Lipinski definition) is 0. The van der Waals surface area contributed by atoms with Gasteiger partial charge in [0.25, 0.3) is 10.1 Å². The Balaban J connectivity index is 1.36. The number of rotatable bonds is 14. The van der Waals surface area contributed by atoms with Crippen molar-refractivity contribution in [1.82, 2.24) is 4.90 Å². The van der Waals surface area contributed by atoms with E-state index < -0.39 is 16.2 Å².